The Hall–Kier alpha value is -1.12. The molecule has 0 radical (unpaired) electrons. The van der Waals surface area contributed by atoms with Crippen molar-refractivity contribution in [3.8, 4) is 0 Å². The zero-order valence-corrected chi connectivity index (χ0v) is 14.6. The van der Waals surface area contributed by atoms with Crippen LogP contribution in [-0.2, 0) is 22.3 Å². The van der Waals surface area contributed by atoms with Crippen LogP contribution in [0.25, 0.3) is 0 Å². The topological polar surface area (TPSA) is 58.2 Å². The van der Waals surface area contributed by atoms with Crippen molar-refractivity contribution in [2.45, 2.75) is 12.3 Å². The molecule has 21 heavy (non-hydrogen) atoms. The van der Waals surface area contributed by atoms with Gasteiger partial charge in [-0.1, -0.05) is 24.3 Å². The maximum atomic E-state index is 12.2. The highest BCUT2D eigenvalue weighted by molar-refractivity contribution is 14.1. The first-order valence-corrected chi connectivity index (χ1v) is 9.20. The molecule has 0 aliphatic rings. The molecule has 0 aliphatic heterocycles. The van der Waals surface area contributed by atoms with Crippen LogP contribution in [0.1, 0.15) is 11.1 Å². The van der Waals surface area contributed by atoms with Gasteiger partial charge in [0, 0.05) is 15.8 Å². The van der Waals surface area contributed by atoms with Crippen LogP contribution < -0.4 is 10.0 Å². The fourth-order valence-corrected chi connectivity index (χ4v) is 3.53. The van der Waals surface area contributed by atoms with E-state index in [4.69, 9.17) is 0 Å². The first kappa shape index (κ1) is 16.3. The number of anilines is 1. The lowest BCUT2D eigenvalue weighted by Crippen LogP contribution is -2.15. The molecule has 4 nitrogen and oxygen atoms in total. The Labute approximate surface area is 139 Å². The molecule has 0 heterocycles. The van der Waals surface area contributed by atoms with Gasteiger partial charge in [0.1, 0.15) is 0 Å². The average Bonchev–Trinajstić information content (AvgIpc) is 2.41. The van der Waals surface area contributed by atoms with Crippen molar-refractivity contribution < 1.29 is 8.42 Å². The van der Waals surface area contributed by atoms with Gasteiger partial charge in [0.2, 0.25) is 10.0 Å². The summed E-state index contributed by atoms with van der Waals surface area (Å²) in [5.74, 6) is -0.0312. The second kappa shape index (κ2) is 7.24. The average molecular weight is 416 g/mol. The Kier molecular flexibility index (Phi) is 5.60. The zero-order chi connectivity index (χ0) is 15.3. The molecule has 0 saturated carbocycles. The standard InChI is InChI=1S/C15H17IN2O2S/c1-17-10-12-3-2-4-13(9-12)11-21(19,20)18-15-7-5-14(16)6-8-15/h2-9,17-18H,10-11H2,1H3. The minimum absolute atomic E-state index is 0.0312. The molecule has 0 amide bonds. The molecule has 6 heteroatoms. The summed E-state index contributed by atoms with van der Waals surface area (Å²) >= 11 is 2.18. The second-order valence-electron chi connectivity index (χ2n) is 4.72. The van der Waals surface area contributed by atoms with E-state index in [9.17, 15) is 8.42 Å². The normalized spacial score (nSPS) is 11.3. The monoisotopic (exact) mass is 416 g/mol. The molecule has 0 fully saturated rings. The summed E-state index contributed by atoms with van der Waals surface area (Å²) in [4.78, 5) is 0. The van der Waals surface area contributed by atoms with Gasteiger partial charge in [0.25, 0.3) is 0 Å². The Morgan fingerprint density at radius 1 is 1.05 bits per heavy atom. The van der Waals surface area contributed by atoms with E-state index in [-0.39, 0.29) is 5.75 Å². The lowest BCUT2D eigenvalue weighted by Gasteiger charge is -2.09. The van der Waals surface area contributed by atoms with Crippen LogP contribution in [0.2, 0.25) is 0 Å². The van der Waals surface area contributed by atoms with Gasteiger partial charge in [0.05, 0.1) is 5.75 Å². The molecule has 2 aromatic carbocycles. The van der Waals surface area contributed by atoms with Crippen molar-refractivity contribution in [2.75, 3.05) is 11.8 Å². The van der Waals surface area contributed by atoms with Crippen molar-refractivity contribution in [1.29, 1.82) is 0 Å². The van der Waals surface area contributed by atoms with Crippen molar-refractivity contribution >= 4 is 38.3 Å². The number of hydrogen-bond acceptors (Lipinski definition) is 3. The maximum Gasteiger partial charge on any atom is 0.236 e. The molecule has 112 valence electrons. The molecule has 0 aliphatic carbocycles. The number of rotatable bonds is 6. The third-order valence-electron chi connectivity index (χ3n) is 2.85. The number of halogens is 1. The van der Waals surface area contributed by atoms with Gasteiger partial charge in [-0.3, -0.25) is 4.72 Å². The molecular formula is C15H17IN2O2S. The van der Waals surface area contributed by atoms with E-state index in [1.807, 2.05) is 43.4 Å². The largest absolute Gasteiger partial charge is 0.316 e. The Bertz CT molecular complexity index is 700. The SMILES string of the molecule is CNCc1cccc(CS(=O)(=O)Nc2ccc(I)cc2)c1. The summed E-state index contributed by atoms with van der Waals surface area (Å²) in [7, 11) is -1.54. The third-order valence-corrected chi connectivity index (χ3v) is 4.83. The summed E-state index contributed by atoms with van der Waals surface area (Å²) in [6.45, 7) is 0.721. The first-order valence-electron chi connectivity index (χ1n) is 6.47. The molecular weight excluding hydrogens is 399 g/mol. The summed E-state index contributed by atoms with van der Waals surface area (Å²) in [5, 5.41) is 3.05. The van der Waals surface area contributed by atoms with Crippen molar-refractivity contribution in [3.05, 3.63) is 63.2 Å². The lowest BCUT2D eigenvalue weighted by molar-refractivity contribution is 0.600. The molecule has 2 N–H and O–H groups in total. The van der Waals surface area contributed by atoms with E-state index in [2.05, 4.69) is 32.6 Å². The predicted molar refractivity (Wildman–Crippen MR) is 94.6 cm³/mol. The van der Waals surface area contributed by atoms with E-state index in [1.165, 1.54) is 0 Å². The van der Waals surface area contributed by atoms with E-state index in [1.54, 1.807) is 12.1 Å². The van der Waals surface area contributed by atoms with Crippen LogP contribution in [0.3, 0.4) is 0 Å². The second-order valence-corrected chi connectivity index (χ2v) is 7.69. The van der Waals surface area contributed by atoms with Gasteiger partial charge >= 0.3 is 0 Å². The minimum atomic E-state index is -3.41. The first-order chi connectivity index (χ1) is 9.98. The molecule has 2 aromatic rings. The minimum Gasteiger partial charge on any atom is -0.316 e. The highest BCUT2D eigenvalue weighted by Gasteiger charge is 2.12. The van der Waals surface area contributed by atoms with Crippen molar-refractivity contribution in [2.24, 2.45) is 0 Å². The summed E-state index contributed by atoms with van der Waals surface area (Å²) in [6.07, 6.45) is 0. The quantitative estimate of drug-likeness (QED) is 0.713. The fourth-order valence-electron chi connectivity index (χ4n) is 1.99. The van der Waals surface area contributed by atoms with Crippen LogP contribution in [0, 0.1) is 3.57 Å². The zero-order valence-electron chi connectivity index (χ0n) is 11.6. The van der Waals surface area contributed by atoms with Gasteiger partial charge < -0.3 is 5.32 Å². The maximum absolute atomic E-state index is 12.2. The van der Waals surface area contributed by atoms with Crippen LogP contribution >= 0.6 is 22.6 Å². The van der Waals surface area contributed by atoms with Gasteiger partial charge in [-0.15, -0.1) is 0 Å². The molecule has 0 unspecified atom stereocenters. The van der Waals surface area contributed by atoms with Gasteiger partial charge in [0.15, 0.2) is 0 Å². The van der Waals surface area contributed by atoms with E-state index < -0.39 is 10.0 Å². The molecule has 0 bridgehead atoms. The number of hydrogen-bond donors (Lipinski definition) is 2. The van der Waals surface area contributed by atoms with E-state index in [0.717, 1.165) is 21.2 Å². The number of sulfonamides is 1. The van der Waals surface area contributed by atoms with Crippen LogP contribution in [0.15, 0.2) is 48.5 Å². The third kappa shape index (κ3) is 5.29. The smallest absolute Gasteiger partial charge is 0.236 e. The summed E-state index contributed by atoms with van der Waals surface area (Å²) < 4.78 is 28.1. The number of benzene rings is 2. The highest BCUT2D eigenvalue weighted by atomic mass is 127. The molecule has 0 aromatic heterocycles. The van der Waals surface area contributed by atoms with Gasteiger partial charge in [-0.25, -0.2) is 8.42 Å². The predicted octanol–water partition coefficient (Wildman–Crippen LogP) is 2.95. The molecule has 0 spiro atoms. The van der Waals surface area contributed by atoms with Crippen molar-refractivity contribution in [1.82, 2.24) is 5.32 Å². The van der Waals surface area contributed by atoms with Crippen molar-refractivity contribution in [3.63, 3.8) is 0 Å². The van der Waals surface area contributed by atoms with Crippen LogP contribution in [-0.4, -0.2) is 15.5 Å². The molecule has 0 saturated heterocycles. The highest BCUT2D eigenvalue weighted by Crippen LogP contribution is 2.15. The van der Waals surface area contributed by atoms with Gasteiger partial charge in [-0.2, -0.15) is 0 Å². The Morgan fingerprint density at radius 3 is 2.38 bits per heavy atom. The lowest BCUT2D eigenvalue weighted by atomic mass is 10.1. The molecule has 2 rings (SSSR count). The number of nitrogens with one attached hydrogen (secondary N) is 2. The summed E-state index contributed by atoms with van der Waals surface area (Å²) in [6, 6.07) is 14.8. The molecule has 0 atom stereocenters. The van der Waals surface area contributed by atoms with E-state index in [0.29, 0.717) is 5.69 Å². The Morgan fingerprint density at radius 2 is 1.71 bits per heavy atom. The van der Waals surface area contributed by atoms with E-state index >= 15 is 0 Å². The van der Waals surface area contributed by atoms with Crippen LogP contribution in [0.5, 0.6) is 0 Å². The van der Waals surface area contributed by atoms with Gasteiger partial charge in [-0.05, 0) is 65.0 Å². The van der Waals surface area contributed by atoms with Crippen LogP contribution in [0.4, 0.5) is 5.69 Å². The summed E-state index contributed by atoms with van der Waals surface area (Å²) in [5.41, 5.74) is 2.43. The fraction of sp³-hybridized carbons (Fsp3) is 0.200. The Balaban J connectivity index is 2.10.